The van der Waals surface area contributed by atoms with Gasteiger partial charge in [-0.1, -0.05) is 63.1 Å². The summed E-state index contributed by atoms with van der Waals surface area (Å²) >= 11 is 0. The summed E-state index contributed by atoms with van der Waals surface area (Å²) in [5.41, 5.74) is 5.20. The molecule has 0 bridgehead atoms. The molecule has 0 aliphatic rings. The van der Waals surface area contributed by atoms with Crippen LogP contribution in [0.15, 0.2) is 48.5 Å². The first-order valence-corrected chi connectivity index (χ1v) is 9.62. The molecular formula is C23H38N2. The van der Waals surface area contributed by atoms with Gasteiger partial charge in [-0.2, -0.15) is 0 Å². The minimum absolute atomic E-state index is 1.07. The van der Waals surface area contributed by atoms with E-state index in [1.165, 1.54) is 22.5 Å². The molecule has 0 heterocycles. The molecule has 0 aromatic heterocycles. The van der Waals surface area contributed by atoms with Gasteiger partial charge in [-0.05, 0) is 44.5 Å². The van der Waals surface area contributed by atoms with Gasteiger partial charge in [0, 0.05) is 38.6 Å². The van der Waals surface area contributed by atoms with Crippen molar-refractivity contribution in [3.63, 3.8) is 0 Å². The molecule has 0 unspecified atom stereocenters. The van der Waals surface area contributed by atoms with Gasteiger partial charge in [0.15, 0.2) is 0 Å². The molecule has 0 saturated carbocycles. The Kier molecular flexibility index (Phi) is 12.3. The third-order valence-corrected chi connectivity index (χ3v) is 3.94. The van der Waals surface area contributed by atoms with E-state index in [-0.39, 0.29) is 0 Å². The van der Waals surface area contributed by atoms with Crippen LogP contribution in [0.2, 0.25) is 0 Å². The summed E-state index contributed by atoms with van der Waals surface area (Å²) in [7, 11) is 4.33. The quantitative estimate of drug-likeness (QED) is 0.606. The minimum Gasteiger partial charge on any atom is -0.375 e. The first kappa shape index (κ1) is 23.0. The molecule has 25 heavy (non-hydrogen) atoms. The second-order valence-corrected chi connectivity index (χ2v) is 5.87. The van der Waals surface area contributed by atoms with Crippen molar-refractivity contribution >= 4 is 11.4 Å². The average molecular weight is 343 g/mol. The van der Waals surface area contributed by atoms with Crippen LogP contribution in [-0.4, -0.2) is 27.2 Å². The maximum absolute atomic E-state index is 2.32. The van der Waals surface area contributed by atoms with Crippen LogP contribution in [0, 0.1) is 13.8 Å². The second-order valence-electron chi connectivity index (χ2n) is 5.87. The van der Waals surface area contributed by atoms with Gasteiger partial charge in [0.1, 0.15) is 0 Å². The number of benzene rings is 2. The summed E-state index contributed by atoms with van der Waals surface area (Å²) in [6.07, 6.45) is 1.15. The molecule has 0 aliphatic carbocycles. The summed E-state index contributed by atoms with van der Waals surface area (Å²) in [5, 5.41) is 0. The predicted molar refractivity (Wildman–Crippen MR) is 116 cm³/mol. The number of rotatable bonds is 6. The van der Waals surface area contributed by atoms with E-state index >= 15 is 0 Å². The number of nitrogens with zero attached hydrogens (tertiary/aromatic N) is 2. The van der Waals surface area contributed by atoms with Crippen LogP contribution in [0.25, 0.3) is 0 Å². The lowest BCUT2D eigenvalue weighted by Crippen LogP contribution is -2.25. The molecule has 2 heteroatoms. The first-order chi connectivity index (χ1) is 12.1. The molecule has 0 amide bonds. The summed E-state index contributed by atoms with van der Waals surface area (Å²) in [5.74, 6) is 0. The molecule has 2 rings (SSSR count). The highest BCUT2D eigenvalue weighted by atomic mass is 15.1. The van der Waals surface area contributed by atoms with E-state index < -0.39 is 0 Å². The van der Waals surface area contributed by atoms with E-state index in [1.807, 2.05) is 27.7 Å². The van der Waals surface area contributed by atoms with E-state index in [0.29, 0.717) is 0 Å². The van der Waals surface area contributed by atoms with Crippen LogP contribution < -0.4 is 9.80 Å². The van der Waals surface area contributed by atoms with E-state index in [0.717, 1.165) is 19.5 Å². The van der Waals surface area contributed by atoms with Crippen LogP contribution in [0.1, 0.15) is 45.2 Å². The highest BCUT2D eigenvalue weighted by Gasteiger charge is 2.03. The van der Waals surface area contributed by atoms with Crippen molar-refractivity contribution in [1.29, 1.82) is 0 Å². The van der Waals surface area contributed by atoms with Crippen LogP contribution in [0.4, 0.5) is 11.4 Å². The number of aryl methyl sites for hydroxylation is 2. The van der Waals surface area contributed by atoms with Crippen LogP contribution in [-0.2, 0) is 0 Å². The largest absolute Gasteiger partial charge is 0.375 e. The Balaban J connectivity index is 0.00000134. The van der Waals surface area contributed by atoms with Crippen molar-refractivity contribution in [3.05, 3.63) is 59.7 Å². The van der Waals surface area contributed by atoms with Gasteiger partial charge in [-0.3, -0.25) is 0 Å². The van der Waals surface area contributed by atoms with Crippen molar-refractivity contribution in [2.75, 3.05) is 37.0 Å². The standard InChI is InChI=1S/C19H26N2.2C2H6/c1-16-6-10-18(11-7-16)20(3)14-5-15-21(4)19-12-8-17(2)9-13-19;2*1-2/h6-13H,5,14-15H2,1-4H3;2*1-2H3. The average Bonchev–Trinajstić information content (AvgIpc) is 2.66. The molecule has 0 N–H and O–H groups in total. The Bertz CT molecular complexity index is 492. The van der Waals surface area contributed by atoms with Crippen molar-refractivity contribution in [1.82, 2.24) is 0 Å². The Morgan fingerprint density at radius 3 is 1.12 bits per heavy atom. The number of hydrogen-bond donors (Lipinski definition) is 0. The Morgan fingerprint density at radius 2 is 0.840 bits per heavy atom. The van der Waals surface area contributed by atoms with Gasteiger partial charge in [0.25, 0.3) is 0 Å². The van der Waals surface area contributed by atoms with Crippen molar-refractivity contribution in [3.8, 4) is 0 Å². The number of anilines is 2. The van der Waals surface area contributed by atoms with E-state index in [9.17, 15) is 0 Å². The third kappa shape index (κ3) is 8.62. The second kappa shape index (κ2) is 13.3. The maximum Gasteiger partial charge on any atom is 0.0363 e. The molecule has 2 nitrogen and oxygen atoms in total. The molecule has 140 valence electrons. The minimum atomic E-state index is 1.07. The fraction of sp³-hybridized carbons (Fsp3) is 0.478. The van der Waals surface area contributed by atoms with E-state index in [2.05, 4.69) is 86.3 Å². The topological polar surface area (TPSA) is 6.48 Å². The van der Waals surface area contributed by atoms with Crippen molar-refractivity contribution < 1.29 is 0 Å². The lowest BCUT2D eigenvalue weighted by Gasteiger charge is -2.23. The molecule has 0 aliphatic heterocycles. The van der Waals surface area contributed by atoms with Gasteiger partial charge >= 0.3 is 0 Å². The Labute approximate surface area is 156 Å². The molecule has 0 spiro atoms. The van der Waals surface area contributed by atoms with Crippen LogP contribution >= 0.6 is 0 Å². The highest BCUT2D eigenvalue weighted by molar-refractivity contribution is 5.48. The van der Waals surface area contributed by atoms with Gasteiger partial charge in [0.05, 0.1) is 0 Å². The molecule has 0 radical (unpaired) electrons. The Morgan fingerprint density at radius 1 is 0.560 bits per heavy atom. The lowest BCUT2D eigenvalue weighted by atomic mass is 10.2. The van der Waals surface area contributed by atoms with Crippen LogP contribution in [0.5, 0.6) is 0 Å². The fourth-order valence-electron chi connectivity index (χ4n) is 2.40. The molecule has 0 fully saturated rings. The normalized spacial score (nSPS) is 9.28. The van der Waals surface area contributed by atoms with Crippen LogP contribution in [0.3, 0.4) is 0 Å². The van der Waals surface area contributed by atoms with Gasteiger partial charge < -0.3 is 9.80 Å². The lowest BCUT2D eigenvalue weighted by molar-refractivity contribution is 0.763. The fourth-order valence-corrected chi connectivity index (χ4v) is 2.40. The maximum atomic E-state index is 2.32. The Hall–Kier alpha value is -1.96. The SMILES string of the molecule is CC.CC.Cc1ccc(N(C)CCCN(C)c2ccc(C)cc2)cc1. The predicted octanol–water partition coefficient (Wildman–Crippen LogP) is 6.32. The third-order valence-electron chi connectivity index (χ3n) is 3.94. The zero-order valence-electron chi connectivity index (χ0n) is 17.6. The summed E-state index contributed by atoms with van der Waals surface area (Å²) in [4.78, 5) is 4.64. The van der Waals surface area contributed by atoms with Crippen molar-refractivity contribution in [2.45, 2.75) is 48.0 Å². The first-order valence-electron chi connectivity index (χ1n) is 9.62. The summed E-state index contributed by atoms with van der Waals surface area (Å²) in [6, 6.07) is 17.5. The van der Waals surface area contributed by atoms with Gasteiger partial charge in [0.2, 0.25) is 0 Å². The highest BCUT2D eigenvalue weighted by Crippen LogP contribution is 2.15. The van der Waals surface area contributed by atoms with E-state index in [4.69, 9.17) is 0 Å². The zero-order valence-corrected chi connectivity index (χ0v) is 17.6. The molecule has 0 saturated heterocycles. The molecular weight excluding hydrogens is 304 g/mol. The number of hydrogen-bond acceptors (Lipinski definition) is 2. The van der Waals surface area contributed by atoms with Crippen molar-refractivity contribution in [2.24, 2.45) is 0 Å². The van der Waals surface area contributed by atoms with Gasteiger partial charge in [-0.15, -0.1) is 0 Å². The monoisotopic (exact) mass is 342 g/mol. The molecule has 0 atom stereocenters. The molecule has 2 aromatic carbocycles. The zero-order chi connectivity index (χ0) is 19.2. The molecule has 2 aromatic rings. The van der Waals surface area contributed by atoms with E-state index in [1.54, 1.807) is 0 Å². The summed E-state index contributed by atoms with van der Waals surface area (Å²) in [6.45, 7) is 14.4. The smallest absolute Gasteiger partial charge is 0.0363 e. The van der Waals surface area contributed by atoms with Gasteiger partial charge in [-0.25, -0.2) is 0 Å². The summed E-state index contributed by atoms with van der Waals surface area (Å²) < 4.78 is 0.